The topological polar surface area (TPSA) is 72.9 Å². The van der Waals surface area contributed by atoms with Gasteiger partial charge in [0.2, 0.25) is 0 Å². The molecule has 24 heavy (non-hydrogen) atoms. The highest BCUT2D eigenvalue weighted by Gasteiger charge is 2.35. The third kappa shape index (κ3) is 2.78. The molecule has 0 unspecified atom stereocenters. The molecule has 0 bridgehead atoms. The smallest absolute Gasteiger partial charge is 0.341 e. The zero-order chi connectivity index (χ0) is 17.3. The van der Waals surface area contributed by atoms with Crippen molar-refractivity contribution < 1.29 is 23.9 Å². The predicted octanol–water partition coefficient (Wildman–Crippen LogP) is 2.87. The Kier molecular flexibility index (Phi) is 4.35. The van der Waals surface area contributed by atoms with E-state index < -0.39 is 24.5 Å². The second kappa shape index (κ2) is 6.45. The summed E-state index contributed by atoms with van der Waals surface area (Å²) in [6.45, 7) is -0.450. The minimum atomic E-state index is -0.669. The summed E-state index contributed by atoms with van der Waals surface area (Å²) in [4.78, 5) is 37.5. The lowest BCUT2D eigenvalue weighted by molar-refractivity contribution is 0.0227. The fraction of sp³-hybridized carbons (Fsp3) is 0.118. The number of carbonyl (C=O) groups excluding carboxylic acids is 3. The molecule has 1 aliphatic rings. The number of carbonyl (C=O) groups is 3. The molecule has 7 heteroatoms. The first-order valence-corrected chi connectivity index (χ1v) is 7.78. The van der Waals surface area contributed by atoms with Crippen LogP contribution in [0.15, 0.2) is 46.9 Å². The first-order chi connectivity index (χ1) is 11.5. The first kappa shape index (κ1) is 16.2. The fourth-order valence-electron chi connectivity index (χ4n) is 2.35. The van der Waals surface area contributed by atoms with Gasteiger partial charge in [-0.1, -0.05) is 12.1 Å². The third-order valence-electron chi connectivity index (χ3n) is 3.60. The standard InChI is InChI=1S/C17H12BrNO5/c1-23-10-6-7-14(18)13(8-10)17(22)24-9-19-15(20)11-4-2-3-5-12(11)16(19)21/h2-8H,9H2,1H3. The van der Waals surface area contributed by atoms with Gasteiger partial charge in [-0.05, 0) is 46.3 Å². The maximum Gasteiger partial charge on any atom is 0.341 e. The van der Waals surface area contributed by atoms with Gasteiger partial charge in [-0.25, -0.2) is 9.69 Å². The van der Waals surface area contributed by atoms with Crippen LogP contribution in [-0.2, 0) is 4.74 Å². The molecule has 0 N–H and O–H groups in total. The molecule has 6 nitrogen and oxygen atoms in total. The number of benzene rings is 2. The van der Waals surface area contributed by atoms with Crippen molar-refractivity contribution in [3.8, 4) is 5.75 Å². The second-order valence-corrected chi connectivity index (χ2v) is 5.84. The number of methoxy groups -OCH3 is 1. The molecule has 0 saturated heterocycles. The minimum Gasteiger partial charge on any atom is -0.497 e. The lowest BCUT2D eigenvalue weighted by atomic mass is 10.1. The summed E-state index contributed by atoms with van der Waals surface area (Å²) in [7, 11) is 1.48. The van der Waals surface area contributed by atoms with E-state index in [0.717, 1.165) is 4.90 Å². The van der Waals surface area contributed by atoms with Crippen LogP contribution in [-0.4, -0.2) is 36.5 Å². The number of esters is 1. The molecule has 0 radical (unpaired) electrons. The van der Waals surface area contributed by atoms with Crippen LogP contribution in [0.3, 0.4) is 0 Å². The molecule has 0 fully saturated rings. The van der Waals surface area contributed by atoms with Crippen LogP contribution in [0.5, 0.6) is 5.75 Å². The molecule has 0 aliphatic carbocycles. The molecule has 2 aromatic rings. The molecule has 2 aromatic carbocycles. The van der Waals surface area contributed by atoms with Gasteiger partial charge in [-0.15, -0.1) is 0 Å². The maximum atomic E-state index is 12.2. The number of ether oxygens (including phenoxy) is 2. The average molecular weight is 390 g/mol. The third-order valence-corrected chi connectivity index (χ3v) is 4.29. The van der Waals surface area contributed by atoms with Crippen molar-refractivity contribution in [2.24, 2.45) is 0 Å². The summed E-state index contributed by atoms with van der Waals surface area (Å²) in [6.07, 6.45) is 0. The summed E-state index contributed by atoms with van der Waals surface area (Å²) in [5.74, 6) is -1.13. The number of halogens is 1. The number of nitrogens with zero attached hydrogens (tertiary/aromatic N) is 1. The average Bonchev–Trinajstić information content (AvgIpc) is 2.84. The van der Waals surface area contributed by atoms with Gasteiger partial charge in [0, 0.05) is 4.47 Å². The van der Waals surface area contributed by atoms with Crippen LogP contribution >= 0.6 is 15.9 Å². The second-order valence-electron chi connectivity index (χ2n) is 4.99. The lowest BCUT2D eigenvalue weighted by Crippen LogP contribution is -2.33. The van der Waals surface area contributed by atoms with Gasteiger partial charge in [0.1, 0.15) is 5.75 Å². The fourth-order valence-corrected chi connectivity index (χ4v) is 2.75. The SMILES string of the molecule is COc1ccc(Br)c(C(=O)OCN2C(=O)c3ccccc3C2=O)c1. The van der Waals surface area contributed by atoms with Crippen molar-refractivity contribution in [2.75, 3.05) is 13.8 Å². The molecule has 2 amide bonds. The van der Waals surface area contributed by atoms with E-state index in [9.17, 15) is 14.4 Å². The molecule has 1 aliphatic heterocycles. The molecule has 0 saturated carbocycles. The van der Waals surface area contributed by atoms with Gasteiger partial charge in [0.05, 0.1) is 23.8 Å². The van der Waals surface area contributed by atoms with Crippen LogP contribution in [0.25, 0.3) is 0 Å². The van der Waals surface area contributed by atoms with Gasteiger partial charge in [-0.3, -0.25) is 9.59 Å². The number of amides is 2. The molecule has 3 rings (SSSR count). The van der Waals surface area contributed by atoms with E-state index in [4.69, 9.17) is 9.47 Å². The van der Waals surface area contributed by atoms with Crippen LogP contribution in [0.4, 0.5) is 0 Å². The van der Waals surface area contributed by atoms with E-state index in [1.54, 1.807) is 36.4 Å². The van der Waals surface area contributed by atoms with E-state index in [2.05, 4.69) is 15.9 Å². The monoisotopic (exact) mass is 389 g/mol. The number of hydrogen-bond donors (Lipinski definition) is 0. The maximum absolute atomic E-state index is 12.2. The highest BCUT2D eigenvalue weighted by Crippen LogP contribution is 2.25. The van der Waals surface area contributed by atoms with E-state index in [1.165, 1.54) is 13.2 Å². The van der Waals surface area contributed by atoms with Gasteiger partial charge in [-0.2, -0.15) is 0 Å². The van der Waals surface area contributed by atoms with Crippen molar-refractivity contribution >= 4 is 33.7 Å². The van der Waals surface area contributed by atoms with Gasteiger partial charge in [0.25, 0.3) is 11.8 Å². The summed E-state index contributed by atoms with van der Waals surface area (Å²) in [5, 5.41) is 0. The quantitative estimate of drug-likeness (QED) is 0.593. The Morgan fingerprint density at radius 3 is 2.29 bits per heavy atom. The Bertz CT molecular complexity index is 814. The van der Waals surface area contributed by atoms with Crippen molar-refractivity contribution in [2.45, 2.75) is 0 Å². The predicted molar refractivity (Wildman–Crippen MR) is 87.9 cm³/mol. The Morgan fingerprint density at radius 2 is 1.71 bits per heavy atom. The van der Waals surface area contributed by atoms with Crippen LogP contribution in [0.1, 0.15) is 31.1 Å². The van der Waals surface area contributed by atoms with Gasteiger partial charge < -0.3 is 9.47 Å². The van der Waals surface area contributed by atoms with Gasteiger partial charge >= 0.3 is 5.97 Å². The summed E-state index contributed by atoms with van der Waals surface area (Å²) in [5.41, 5.74) is 0.855. The van der Waals surface area contributed by atoms with E-state index in [-0.39, 0.29) is 5.56 Å². The number of fused-ring (bicyclic) bond motifs is 1. The summed E-state index contributed by atoms with van der Waals surface area (Å²) < 4.78 is 10.7. The van der Waals surface area contributed by atoms with Crippen molar-refractivity contribution in [3.63, 3.8) is 0 Å². The van der Waals surface area contributed by atoms with E-state index in [0.29, 0.717) is 21.3 Å². The number of hydrogen-bond acceptors (Lipinski definition) is 5. The normalized spacial score (nSPS) is 13.0. The zero-order valence-corrected chi connectivity index (χ0v) is 14.2. The Morgan fingerprint density at radius 1 is 1.08 bits per heavy atom. The number of rotatable bonds is 4. The number of imide groups is 1. The van der Waals surface area contributed by atoms with Crippen molar-refractivity contribution in [1.29, 1.82) is 0 Å². The molecule has 0 spiro atoms. The van der Waals surface area contributed by atoms with Crippen LogP contribution in [0.2, 0.25) is 0 Å². The van der Waals surface area contributed by atoms with Crippen LogP contribution < -0.4 is 4.74 Å². The summed E-state index contributed by atoms with van der Waals surface area (Å²) in [6, 6.07) is 11.3. The van der Waals surface area contributed by atoms with Gasteiger partial charge in [0.15, 0.2) is 6.73 Å². The Hall–Kier alpha value is -2.67. The first-order valence-electron chi connectivity index (χ1n) is 6.99. The largest absolute Gasteiger partial charge is 0.497 e. The lowest BCUT2D eigenvalue weighted by Gasteiger charge is -2.14. The highest BCUT2D eigenvalue weighted by atomic mass is 79.9. The molecular formula is C17H12BrNO5. The van der Waals surface area contributed by atoms with E-state index >= 15 is 0 Å². The molecule has 1 heterocycles. The van der Waals surface area contributed by atoms with E-state index in [1.807, 2.05) is 0 Å². The Labute approximate surface area is 146 Å². The molecule has 122 valence electrons. The highest BCUT2D eigenvalue weighted by molar-refractivity contribution is 9.10. The molecule has 0 atom stereocenters. The Balaban J connectivity index is 1.74. The van der Waals surface area contributed by atoms with Crippen LogP contribution in [0, 0.1) is 0 Å². The van der Waals surface area contributed by atoms with Crippen molar-refractivity contribution in [3.05, 3.63) is 63.6 Å². The molecule has 0 aromatic heterocycles. The van der Waals surface area contributed by atoms with Crippen molar-refractivity contribution in [1.82, 2.24) is 4.90 Å². The minimum absolute atomic E-state index is 0.242. The molecular weight excluding hydrogens is 378 g/mol. The summed E-state index contributed by atoms with van der Waals surface area (Å²) >= 11 is 3.26. The zero-order valence-electron chi connectivity index (χ0n) is 12.6.